The Morgan fingerprint density at radius 1 is 1.02 bits per heavy atom. The number of piperidine rings is 2. The molecule has 2 unspecified atom stereocenters. The predicted molar refractivity (Wildman–Crippen MR) is 162 cm³/mol. The maximum atomic E-state index is 13.4. The van der Waals surface area contributed by atoms with E-state index in [9.17, 15) is 9.90 Å². The third kappa shape index (κ3) is 2.85. The lowest BCUT2D eigenvalue weighted by Gasteiger charge is -2.66. The highest BCUT2D eigenvalue weighted by Gasteiger charge is 2.74. The molecule has 5 heterocycles. The van der Waals surface area contributed by atoms with E-state index < -0.39 is 5.72 Å². The number of carbonyl (C=O) groups is 1. The number of para-hydroxylation sites is 1. The number of rotatable bonds is 3. The fourth-order valence-corrected chi connectivity index (χ4v) is 14.2. The third-order valence-corrected chi connectivity index (χ3v) is 15.5. The summed E-state index contributed by atoms with van der Waals surface area (Å²) in [4.78, 5) is 18.9. The van der Waals surface area contributed by atoms with Crippen LogP contribution in [0.3, 0.4) is 0 Å². The Labute approximate surface area is 246 Å². The van der Waals surface area contributed by atoms with Crippen LogP contribution in [0.4, 0.5) is 5.69 Å². The molecular formula is C36H51N3O2. The maximum absolute atomic E-state index is 13.4. The number of aliphatic hydroxyl groups is 1. The average Bonchev–Trinajstić information content (AvgIpc) is 3.53. The zero-order valence-electron chi connectivity index (χ0n) is 25.5. The van der Waals surface area contributed by atoms with Gasteiger partial charge in [-0.2, -0.15) is 0 Å². The number of Topliss-reactive ketones (excluding diaryl/α,β-unsaturated/α-hetero) is 1. The maximum Gasteiger partial charge on any atom is 0.137 e. The quantitative estimate of drug-likeness (QED) is 0.470. The van der Waals surface area contributed by atoms with Crippen molar-refractivity contribution in [3.05, 3.63) is 29.8 Å². The molecule has 0 aromatic heterocycles. The van der Waals surface area contributed by atoms with Crippen molar-refractivity contribution in [1.82, 2.24) is 9.80 Å². The molecule has 2 spiro atoms. The van der Waals surface area contributed by atoms with E-state index in [1.165, 1.54) is 70.1 Å². The second kappa shape index (κ2) is 8.39. The fraction of sp³-hybridized carbons (Fsp3) is 0.806. The van der Waals surface area contributed by atoms with Gasteiger partial charge in [0, 0.05) is 53.0 Å². The first-order valence-corrected chi connectivity index (χ1v) is 17.4. The van der Waals surface area contributed by atoms with Gasteiger partial charge in [-0.1, -0.05) is 25.1 Å². The first kappa shape index (κ1) is 26.0. The van der Waals surface area contributed by atoms with E-state index >= 15 is 0 Å². The summed E-state index contributed by atoms with van der Waals surface area (Å²) in [5, 5.41) is 16.9. The van der Waals surface area contributed by atoms with Crippen molar-refractivity contribution in [2.45, 2.75) is 133 Å². The van der Waals surface area contributed by atoms with Crippen molar-refractivity contribution >= 4 is 11.5 Å². The summed E-state index contributed by atoms with van der Waals surface area (Å²) >= 11 is 0. The van der Waals surface area contributed by atoms with Crippen LogP contribution in [-0.2, 0) is 10.2 Å². The Balaban J connectivity index is 1.07. The third-order valence-electron chi connectivity index (χ3n) is 15.5. The van der Waals surface area contributed by atoms with Gasteiger partial charge in [0.05, 0.1) is 0 Å². The van der Waals surface area contributed by atoms with Crippen molar-refractivity contribution in [3.8, 4) is 0 Å². The van der Waals surface area contributed by atoms with Crippen molar-refractivity contribution in [2.24, 2.45) is 28.6 Å². The molecule has 2 bridgehead atoms. The molecular weight excluding hydrogens is 506 g/mol. The SMILES string of the molecule is C[C@@H]1C[C@H]2CC(=O)[C@H]3CCCN4C(CC[C@@]56CCCN7CC[C@]8(c9ccccc9N[C@@H]8CC5)[C@]76C)CC[C@]23[C@@]4(O)C1. The summed E-state index contributed by atoms with van der Waals surface area (Å²) in [6.45, 7) is 8.48. The van der Waals surface area contributed by atoms with Gasteiger partial charge < -0.3 is 10.4 Å². The number of ketones is 1. The van der Waals surface area contributed by atoms with Crippen molar-refractivity contribution in [1.29, 1.82) is 0 Å². The largest absolute Gasteiger partial charge is 0.381 e. The molecule has 1 aromatic carbocycles. The van der Waals surface area contributed by atoms with Crippen LogP contribution in [0, 0.1) is 28.6 Å². The Bertz CT molecular complexity index is 1280. The molecule has 7 fully saturated rings. The van der Waals surface area contributed by atoms with Crippen molar-refractivity contribution in [3.63, 3.8) is 0 Å². The van der Waals surface area contributed by atoms with Crippen LogP contribution < -0.4 is 5.32 Å². The minimum atomic E-state index is -0.785. The van der Waals surface area contributed by atoms with Crippen LogP contribution in [0.25, 0.3) is 0 Å². The smallest absolute Gasteiger partial charge is 0.137 e. The number of hydrogen-bond donors (Lipinski definition) is 2. The molecule has 3 saturated carbocycles. The summed E-state index contributed by atoms with van der Waals surface area (Å²) in [6.07, 6.45) is 16.1. The van der Waals surface area contributed by atoms with E-state index in [-0.39, 0.29) is 22.3 Å². The highest BCUT2D eigenvalue weighted by atomic mass is 16.3. The number of nitrogens with one attached hydrogen (secondary N) is 1. The van der Waals surface area contributed by atoms with E-state index in [1.54, 1.807) is 5.56 Å². The Hall–Kier alpha value is -1.43. The molecule has 11 atom stereocenters. The number of fused-ring (bicyclic) bond motifs is 1. The molecule has 0 amide bonds. The Morgan fingerprint density at radius 2 is 1.90 bits per heavy atom. The van der Waals surface area contributed by atoms with Crippen LogP contribution in [0.2, 0.25) is 0 Å². The Morgan fingerprint density at radius 3 is 2.80 bits per heavy atom. The van der Waals surface area contributed by atoms with Gasteiger partial charge in [0.2, 0.25) is 0 Å². The summed E-state index contributed by atoms with van der Waals surface area (Å²) in [7, 11) is 0. The van der Waals surface area contributed by atoms with Gasteiger partial charge in [-0.3, -0.25) is 14.6 Å². The monoisotopic (exact) mass is 557 g/mol. The molecule has 41 heavy (non-hydrogen) atoms. The van der Waals surface area contributed by atoms with Crippen LogP contribution in [0.1, 0.15) is 109 Å². The van der Waals surface area contributed by atoms with Crippen LogP contribution >= 0.6 is 0 Å². The van der Waals surface area contributed by atoms with Gasteiger partial charge in [0.1, 0.15) is 11.5 Å². The Kier molecular flexibility index (Phi) is 5.32. The number of nitrogens with zero attached hydrogens (tertiary/aromatic N) is 2. The predicted octanol–water partition coefficient (Wildman–Crippen LogP) is 6.11. The van der Waals surface area contributed by atoms with Crippen LogP contribution in [0.5, 0.6) is 0 Å². The van der Waals surface area contributed by atoms with Gasteiger partial charge in [-0.25, -0.2) is 0 Å². The molecule has 5 nitrogen and oxygen atoms in total. The zero-order chi connectivity index (χ0) is 27.8. The van der Waals surface area contributed by atoms with Gasteiger partial charge in [-0.15, -0.1) is 0 Å². The number of hydrogen-bond acceptors (Lipinski definition) is 5. The first-order chi connectivity index (χ1) is 19.8. The molecule has 222 valence electrons. The lowest BCUT2D eigenvalue weighted by molar-refractivity contribution is -0.279. The van der Waals surface area contributed by atoms with Crippen molar-refractivity contribution in [2.75, 3.05) is 25.0 Å². The lowest BCUT2D eigenvalue weighted by atomic mass is 9.44. The average molecular weight is 558 g/mol. The standard InChI is InChI=1S/C36H51N3O2/c1-24-21-25-22-30(40)28-8-5-19-39-26(11-16-34(25,28)36(39,41)23-24)10-14-33-13-6-18-38-20-17-35(32(33,38)2)27-7-3-4-9-29(27)37-31(35)12-15-33/h3-4,7,9,24-26,28,31,37,41H,5-6,8,10-23H2,1-2H3/t24-,25+,26?,28-,31-,32-,33+,34+,35-,36+/m1/s1. The summed E-state index contributed by atoms with van der Waals surface area (Å²) in [5.41, 5.74) is 2.75. The second-order valence-corrected chi connectivity index (χ2v) is 16.3. The molecule has 4 saturated heterocycles. The van der Waals surface area contributed by atoms with E-state index in [1.807, 2.05) is 0 Å². The molecule has 5 aliphatic heterocycles. The van der Waals surface area contributed by atoms with Crippen molar-refractivity contribution < 1.29 is 9.90 Å². The van der Waals surface area contributed by atoms with E-state index in [4.69, 9.17) is 0 Å². The topological polar surface area (TPSA) is 55.8 Å². The molecule has 5 heteroatoms. The highest BCUT2D eigenvalue weighted by Crippen LogP contribution is 2.71. The number of benzene rings is 1. The van der Waals surface area contributed by atoms with Gasteiger partial charge >= 0.3 is 0 Å². The first-order valence-electron chi connectivity index (χ1n) is 17.4. The van der Waals surface area contributed by atoms with E-state index in [0.717, 1.165) is 45.1 Å². The van der Waals surface area contributed by atoms with Gasteiger partial charge in [-0.05, 0) is 132 Å². The minimum absolute atomic E-state index is 0.101. The highest BCUT2D eigenvalue weighted by molar-refractivity contribution is 5.85. The minimum Gasteiger partial charge on any atom is -0.381 e. The molecule has 0 radical (unpaired) electrons. The van der Waals surface area contributed by atoms with E-state index in [0.29, 0.717) is 35.1 Å². The normalized spacial score (nSPS) is 53.1. The summed E-state index contributed by atoms with van der Waals surface area (Å²) < 4.78 is 0. The molecule has 9 rings (SSSR count). The number of anilines is 1. The van der Waals surface area contributed by atoms with E-state index in [2.05, 4.69) is 53.2 Å². The molecule has 3 aliphatic carbocycles. The second-order valence-electron chi connectivity index (χ2n) is 16.3. The molecule has 1 aromatic rings. The molecule has 2 N–H and O–H groups in total. The summed E-state index contributed by atoms with van der Waals surface area (Å²) in [5.74, 6) is 1.47. The summed E-state index contributed by atoms with van der Waals surface area (Å²) in [6, 6.07) is 10.3. The van der Waals surface area contributed by atoms with Crippen LogP contribution in [0.15, 0.2) is 24.3 Å². The molecule has 8 aliphatic rings. The van der Waals surface area contributed by atoms with Crippen LogP contribution in [-0.4, -0.2) is 63.7 Å². The zero-order valence-corrected chi connectivity index (χ0v) is 25.5. The van der Waals surface area contributed by atoms with Gasteiger partial charge in [0.15, 0.2) is 0 Å². The number of carbonyl (C=O) groups excluding carboxylic acids is 1. The van der Waals surface area contributed by atoms with Gasteiger partial charge in [0.25, 0.3) is 0 Å². The fourth-order valence-electron chi connectivity index (χ4n) is 14.2. The lowest BCUT2D eigenvalue weighted by Crippen LogP contribution is -2.72.